The molecule has 28 heavy (non-hydrogen) atoms. The largest absolute Gasteiger partial charge is 0.352 e. The predicted octanol–water partition coefficient (Wildman–Crippen LogP) is 2.60. The maximum absolute atomic E-state index is 13.0. The normalized spacial score (nSPS) is 36.0. The zero-order chi connectivity index (χ0) is 19.4. The van der Waals surface area contributed by atoms with Crippen molar-refractivity contribution in [3.8, 4) is 0 Å². The molecule has 2 saturated carbocycles. The van der Waals surface area contributed by atoms with E-state index in [1.165, 1.54) is 25.7 Å². The Morgan fingerprint density at radius 1 is 1.07 bits per heavy atom. The molecule has 0 aromatic carbocycles. The first kappa shape index (κ1) is 18.4. The maximum Gasteiger partial charge on any atom is 0.250 e. The molecule has 4 aliphatic rings. The fourth-order valence-corrected chi connectivity index (χ4v) is 6.77. The van der Waals surface area contributed by atoms with Crippen LogP contribution in [-0.2, 0) is 11.3 Å². The molecule has 3 fully saturated rings. The summed E-state index contributed by atoms with van der Waals surface area (Å²) in [7, 11) is 0. The Balaban J connectivity index is 1.24. The molecule has 1 N–H and O–H groups in total. The lowest BCUT2D eigenvalue weighted by atomic mass is 9.82. The number of piperidine rings is 1. The van der Waals surface area contributed by atoms with Crippen molar-refractivity contribution >= 4 is 5.91 Å². The first-order valence-electron chi connectivity index (χ1n) is 11.2. The monoisotopic (exact) mass is 383 g/mol. The molecule has 1 aromatic heterocycles. The lowest BCUT2D eigenvalue weighted by Crippen LogP contribution is -2.55. The van der Waals surface area contributed by atoms with Gasteiger partial charge < -0.3 is 9.88 Å². The van der Waals surface area contributed by atoms with Gasteiger partial charge >= 0.3 is 0 Å². The Kier molecular flexibility index (Phi) is 4.61. The van der Waals surface area contributed by atoms with Gasteiger partial charge in [-0.2, -0.15) is 0 Å². The van der Waals surface area contributed by atoms with Crippen LogP contribution in [0.3, 0.4) is 0 Å². The highest BCUT2D eigenvalue weighted by Crippen LogP contribution is 2.49. The third-order valence-corrected chi connectivity index (χ3v) is 8.24. The summed E-state index contributed by atoms with van der Waals surface area (Å²) >= 11 is 0. The van der Waals surface area contributed by atoms with E-state index in [0.29, 0.717) is 17.8 Å². The molecular weight excluding hydrogens is 350 g/mol. The quantitative estimate of drug-likeness (QED) is 0.870. The topological polar surface area (TPSA) is 54.3 Å². The van der Waals surface area contributed by atoms with E-state index in [9.17, 15) is 9.59 Å². The highest BCUT2D eigenvalue weighted by Gasteiger charge is 2.43. The van der Waals surface area contributed by atoms with Crippen molar-refractivity contribution in [2.24, 2.45) is 23.7 Å². The highest BCUT2D eigenvalue weighted by molar-refractivity contribution is 5.81. The van der Waals surface area contributed by atoms with Crippen molar-refractivity contribution in [1.82, 2.24) is 14.8 Å². The fraction of sp³-hybridized carbons (Fsp3) is 0.739. The van der Waals surface area contributed by atoms with Crippen LogP contribution in [0.4, 0.5) is 0 Å². The van der Waals surface area contributed by atoms with Gasteiger partial charge in [0.25, 0.3) is 5.56 Å². The summed E-state index contributed by atoms with van der Waals surface area (Å²) in [5.41, 5.74) is 1.27. The molecule has 5 nitrogen and oxygen atoms in total. The molecule has 1 amide bonds. The van der Waals surface area contributed by atoms with Crippen molar-refractivity contribution in [1.29, 1.82) is 0 Å². The van der Waals surface area contributed by atoms with E-state index in [-0.39, 0.29) is 23.6 Å². The second-order valence-electron chi connectivity index (χ2n) is 9.96. The standard InChI is InChI=1S/C23H33N3O2/c1-14(20-10-16-6-7-18(20)8-16)24-23(28)15(2)25-11-17-9-19(13-25)21-4-3-5-22(27)26(21)12-17/h3-5,14-20H,6-13H2,1-2H3,(H,24,28)/t14?,15?,16?,17-,18?,19+,20?/m0/s1. The first-order chi connectivity index (χ1) is 13.5. The van der Waals surface area contributed by atoms with E-state index < -0.39 is 0 Å². The summed E-state index contributed by atoms with van der Waals surface area (Å²) < 4.78 is 1.96. The average Bonchev–Trinajstić information content (AvgIpc) is 3.31. The van der Waals surface area contributed by atoms with Crippen molar-refractivity contribution in [2.45, 2.75) is 70.5 Å². The molecule has 1 saturated heterocycles. The van der Waals surface area contributed by atoms with Crippen LogP contribution in [-0.4, -0.2) is 40.5 Å². The summed E-state index contributed by atoms with van der Waals surface area (Å²) in [5, 5.41) is 3.36. The van der Waals surface area contributed by atoms with Crippen LogP contribution in [0.5, 0.6) is 0 Å². The van der Waals surface area contributed by atoms with Crippen molar-refractivity contribution in [3.05, 3.63) is 34.2 Å². The SMILES string of the molecule is CC(NC(=O)C(C)N1C[C@@H]2C[C@H](C1)c1cccc(=O)n1C2)C1CC2CCC1C2. The molecule has 2 aliphatic heterocycles. The minimum absolute atomic E-state index is 0.103. The number of aromatic nitrogens is 1. The van der Waals surface area contributed by atoms with Gasteiger partial charge in [-0.25, -0.2) is 0 Å². The van der Waals surface area contributed by atoms with Gasteiger partial charge in [-0.15, -0.1) is 0 Å². The number of fused-ring (bicyclic) bond motifs is 6. The van der Waals surface area contributed by atoms with Crippen LogP contribution in [0, 0.1) is 23.7 Å². The number of carbonyl (C=O) groups is 1. The summed E-state index contributed by atoms with van der Waals surface area (Å²) in [6.45, 7) is 6.84. The molecule has 152 valence electrons. The van der Waals surface area contributed by atoms with E-state index in [2.05, 4.69) is 30.1 Å². The average molecular weight is 384 g/mol. The minimum Gasteiger partial charge on any atom is -0.352 e. The van der Waals surface area contributed by atoms with E-state index in [1.54, 1.807) is 6.07 Å². The van der Waals surface area contributed by atoms with Gasteiger partial charge in [0.15, 0.2) is 0 Å². The van der Waals surface area contributed by atoms with E-state index >= 15 is 0 Å². The number of hydrogen-bond donors (Lipinski definition) is 1. The Labute approximate surface area is 167 Å². The summed E-state index contributed by atoms with van der Waals surface area (Å²) in [6.07, 6.45) is 6.59. The Morgan fingerprint density at radius 3 is 2.68 bits per heavy atom. The van der Waals surface area contributed by atoms with Crippen LogP contribution in [0.2, 0.25) is 0 Å². The molecule has 5 unspecified atom stereocenters. The molecule has 5 heteroatoms. The number of rotatable bonds is 4. The molecule has 0 radical (unpaired) electrons. The Morgan fingerprint density at radius 2 is 1.93 bits per heavy atom. The lowest BCUT2D eigenvalue weighted by Gasteiger charge is -2.44. The second kappa shape index (κ2) is 7.01. The maximum atomic E-state index is 13.0. The number of likely N-dealkylation sites (tertiary alicyclic amines) is 1. The van der Waals surface area contributed by atoms with E-state index in [4.69, 9.17) is 0 Å². The second-order valence-corrected chi connectivity index (χ2v) is 9.96. The number of pyridine rings is 1. The van der Waals surface area contributed by atoms with Gasteiger partial charge in [0.2, 0.25) is 5.91 Å². The number of carbonyl (C=O) groups excluding carboxylic acids is 1. The Bertz CT molecular complexity index is 818. The van der Waals surface area contributed by atoms with E-state index in [1.807, 2.05) is 10.6 Å². The zero-order valence-corrected chi connectivity index (χ0v) is 17.1. The van der Waals surface area contributed by atoms with Crippen molar-refractivity contribution in [3.63, 3.8) is 0 Å². The van der Waals surface area contributed by atoms with Crippen molar-refractivity contribution in [2.75, 3.05) is 13.1 Å². The zero-order valence-electron chi connectivity index (χ0n) is 17.1. The van der Waals surface area contributed by atoms with Crippen LogP contribution >= 0.6 is 0 Å². The van der Waals surface area contributed by atoms with Gasteiger partial charge in [0.05, 0.1) is 6.04 Å². The predicted molar refractivity (Wildman–Crippen MR) is 109 cm³/mol. The fourth-order valence-electron chi connectivity index (χ4n) is 6.77. The summed E-state index contributed by atoms with van der Waals surface area (Å²) in [4.78, 5) is 27.6. The summed E-state index contributed by atoms with van der Waals surface area (Å²) in [5.74, 6) is 3.43. The highest BCUT2D eigenvalue weighted by atomic mass is 16.2. The van der Waals surface area contributed by atoms with Crippen LogP contribution in [0.15, 0.2) is 23.0 Å². The van der Waals surface area contributed by atoms with Gasteiger partial charge in [0.1, 0.15) is 0 Å². The molecule has 1 aromatic rings. The third kappa shape index (κ3) is 3.12. The van der Waals surface area contributed by atoms with Crippen molar-refractivity contribution < 1.29 is 4.79 Å². The molecule has 4 bridgehead atoms. The first-order valence-corrected chi connectivity index (χ1v) is 11.2. The van der Waals surface area contributed by atoms with Gasteiger partial charge in [-0.3, -0.25) is 14.5 Å². The van der Waals surface area contributed by atoms with Crippen LogP contribution < -0.4 is 10.9 Å². The van der Waals surface area contributed by atoms with E-state index in [0.717, 1.165) is 43.6 Å². The minimum atomic E-state index is -0.103. The molecule has 2 aliphatic carbocycles. The van der Waals surface area contributed by atoms with Gasteiger partial charge in [-0.05, 0) is 69.3 Å². The Hall–Kier alpha value is -1.62. The smallest absolute Gasteiger partial charge is 0.250 e. The third-order valence-electron chi connectivity index (χ3n) is 8.24. The van der Waals surface area contributed by atoms with Gasteiger partial charge in [0, 0.05) is 43.4 Å². The van der Waals surface area contributed by atoms with Gasteiger partial charge in [-0.1, -0.05) is 12.5 Å². The van der Waals surface area contributed by atoms with Crippen LogP contribution in [0.25, 0.3) is 0 Å². The molecule has 7 atom stereocenters. The molecular formula is C23H33N3O2. The summed E-state index contributed by atoms with van der Waals surface area (Å²) in [6, 6.07) is 5.81. The number of nitrogens with zero attached hydrogens (tertiary/aromatic N) is 2. The number of hydrogen-bond acceptors (Lipinski definition) is 3. The lowest BCUT2D eigenvalue weighted by molar-refractivity contribution is -0.128. The molecule has 5 rings (SSSR count). The number of amides is 1. The number of nitrogens with one attached hydrogen (secondary N) is 1. The van der Waals surface area contributed by atoms with Crippen LogP contribution in [0.1, 0.15) is 57.6 Å². The molecule has 3 heterocycles. The molecule has 0 spiro atoms.